The number of aliphatic carboxylic acids is 1. The molecule has 9 heteroatoms. The van der Waals surface area contributed by atoms with E-state index in [-0.39, 0.29) is 0 Å². The number of urea groups is 1. The highest BCUT2D eigenvalue weighted by molar-refractivity contribution is 6.02. The van der Waals surface area contributed by atoms with Gasteiger partial charge < -0.3 is 25.4 Å². The summed E-state index contributed by atoms with van der Waals surface area (Å²) in [4.78, 5) is 34.7. The number of ether oxygens (including phenoxy) is 1. The molecule has 1 aromatic carbocycles. The number of anilines is 3. The Morgan fingerprint density at radius 1 is 1.14 bits per heavy atom. The van der Waals surface area contributed by atoms with Crippen LogP contribution in [-0.2, 0) is 4.79 Å². The molecule has 1 unspecified atom stereocenters. The minimum Gasteiger partial charge on any atom is -0.479 e. The van der Waals surface area contributed by atoms with Crippen molar-refractivity contribution in [1.82, 2.24) is 9.97 Å². The number of amides is 2. The molecule has 35 heavy (non-hydrogen) atoms. The van der Waals surface area contributed by atoms with Crippen molar-refractivity contribution in [2.45, 2.75) is 77.9 Å². The lowest BCUT2D eigenvalue weighted by molar-refractivity contribution is -0.145. The number of carboxylic acid groups (broad SMARTS) is 1. The Kier molecular flexibility index (Phi) is 9.69. The highest BCUT2D eigenvalue weighted by Crippen LogP contribution is 2.36. The monoisotopic (exact) mass is 483 g/mol. The molecule has 0 radical (unpaired) electrons. The molecule has 2 aromatic rings. The fraction of sp³-hybridized carbons (Fsp3) is 0.538. The van der Waals surface area contributed by atoms with Gasteiger partial charge in [-0.3, -0.25) is 0 Å². The molecule has 1 heterocycles. The van der Waals surface area contributed by atoms with E-state index in [1.165, 1.54) is 38.0 Å². The summed E-state index contributed by atoms with van der Waals surface area (Å²) in [6.07, 6.45) is 10.4. The van der Waals surface area contributed by atoms with Gasteiger partial charge in [0.1, 0.15) is 12.1 Å². The number of hydrogen-bond acceptors (Lipinski definition) is 6. The van der Waals surface area contributed by atoms with Crippen LogP contribution in [-0.4, -0.2) is 45.8 Å². The van der Waals surface area contributed by atoms with Crippen LogP contribution in [0.15, 0.2) is 36.9 Å². The molecule has 1 aliphatic carbocycles. The van der Waals surface area contributed by atoms with Crippen molar-refractivity contribution < 1.29 is 19.4 Å². The maximum absolute atomic E-state index is 12.9. The molecule has 1 atom stereocenters. The molecule has 1 saturated carbocycles. The molecule has 1 fully saturated rings. The topological polar surface area (TPSA) is 117 Å². The average Bonchev–Trinajstić information content (AvgIpc) is 2.83. The fourth-order valence-corrected chi connectivity index (χ4v) is 4.48. The summed E-state index contributed by atoms with van der Waals surface area (Å²) >= 11 is 0. The standard InChI is InChI=1S/C26H37N5O4/c1-4-8-24(25(32)33)35-21-11-12-23(31(16-18(2)3)20-9-6-5-7-10-20)22(13-21)30-26(34)29-19-14-27-17-28-15-19/h11-15,17-18,20,24H,4-10,16H2,1-3H3,(H,32,33)(H2,29,30,34). The quantitative estimate of drug-likeness (QED) is 0.384. The normalized spacial score (nSPS) is 14.9. The van der Waals surface area contributed by atoms with E-state index in [9.17, 15) is 14.7 Å². The minimum absolute atomic E-state index is 0.385. The zero-order valence-electron chi connectivity index (χ0n) is 20.9. The smallest absolute Gasteiger partial charge is 0.344 e. The van der Waals surface area contributed by atoms with Gasteiger partial charge in [0.05, 0.1) is 29.5 Å². The summed E-state index contributed by atoms with van der Waals surface area (Å²) < 4.78 is 5.81. The van der Waals surface area contributed by atoms with Gasteiger partial charge in [0.2, 0.25) is 0 Å². The van der Waals surface area contributed by atoms with Crippen molar-refractivity contribution in [3.63, 3.8) is 0 Å². The Hall–Kier alpha value is -3.36. The second kappa shape index (κ2) is 12.9. The molecule has 0 saturated heterocycles. The van der Waals surface area contributed by atoms with E-state index in [0.717, 1.165) is 25.1 Å². The second-order valence-electron chi connectivity index (χ2n) is 9.46. The van der Waals surface area contributed by atoms with Crippen LogP contribution in [0.4, 0.5) is 21.9 Å². The van der Waals surface area contributed by atoms with E-state index in [1.54, 1.807) is 12.1 Å². The number of aromatic nitrogens is 2. The maximum atomic E-state index is 12.9. The summed E-state index contributed by atoms with van der Waals surface area (Å²) in [7, 11) is 0. The van der Waals surface area contributed by atoms with Gasteiger partial charge in [0, 0.05) is 18.7 Å². The van der Waals surface area contributed by atoms with Crippen molar-refractivity contribution in [2.24, 2.45) is 5.92 Å². The molecule has 1 aromatic heterocycles. The van der Waals surface area contributed by atoms with Crippen LogP contribution >= 0.6 is 0 Å². The van der Waals surface area contributed by atoms with E-state index in [2.05, 4.69) is 39.3 Å². The van der Waals surface area contributed by atoms with Crippen molar-refractivity contribution in [1.29, 1.82) is 0 Å². The highest BCUT2D eigenvalue weighted by atomic mass is 16.5. The lowest BCUT2D eigenvalue weighted by Crippen LogP contribution is -2.40. The summed E-state index contributed by atoms with van der Waals surface area (Å²) in [5, 5.41) is 15.2. The largest absolute Gasteiger partial charge is 0.479 e. The molecule has 3 N–H and O–H groups in total. The Labute approximate surface area is 207 Å². The first-order chi connectivity index (χ1) is 16.9. The highest BCUT2D eigenvalue weighted by Gasteiger charge is 2.26. The molecule has 2 amide bonds. The third-order valence-corrected chi connectivity index (χ3v) is 6.03. The number of nitrogens with one attached hydrogen (secondary N) is 2. The van der Waals surface area contributed by atoms with Gasteiger partial charge in [-0.25, -0.2) is 19.6 Å². The number of carbonyl (C=O) groups is 2. The third kappa shape index (κ3) is 7.83. The Balaban J connectivity index is 1.93. The van der Waals surface area contributed by atoms with Gasteiger partial charge >= 0.3 is 12.0 Å². The van der Waals surface area contributed by atoms with Crippen molar-refractivity contribution in [2.75, 3.05) is 22.1 Å². The van der Waals surface area contributed by atoms with Crippen LogP contribution in [0.3, 0.4) is 0 Å². The number of carboxylic acids is 1. The predicted molar refractivity (Wildman–Crippen MR) is 137 cm³/mol. The molecule has 3 rings (SSSR count). The van der Waals surface area contributed by atoms with Gasteiger partial charge in [-0.1, -0.05) is 46.5 Å². The molecule has 0 spiro atoms. The van der Waals surface area contributed by atoms with Crippen LogP contribution in [0.5, 0.6) is 5.75 Å². The summed E-state index contributed by atoms with van der Waals surface area (Å²) in [6.45, 7) is 7.14. The van der Waals surface area contributed by atoms with Gasteiger partial charge in [-0.15, -0.1) is 0 Å². The Morgan fingerprint density at radius 2 is 1.86 bits per heavy atom. The number of carbonyl (C=O) groups excluding carboxylic acids is 1. The molecule has 0 aliphatic heterocycles. The zero-order valence-corrected chi connectivity index (χ0v) is 20.9. The number of benzene rings is 1. The molecule has 9 nitrogen and oxygen atoms in total. The van der Waals surface area contributed by atoms with Crippen molar-refractivity contribution in [3.05, 3.63) is 36.9 Å². The summed E-state index contributed by atoms with van der Waals surface area (Å²) in [5.74, 6) is -0.172. The van der Waals surface area contributed by atoms with Crippen LogP contribution in [0.2, 0.25) is 0 Å². The number of rotatable bonds is 11. The molecule has 190 valence electrons. The number of nitrogens with zero attached hydrogens (tertiary/aromatic N) is 3. The average molecular weight is 484 g/mol. The first-order valence-corrected chi connectivity index (χ1v) is 12.5. The second-order valence-corrected chi connectivity index (χ2v) is 9.46. The van der Waals surface area contributed by atoms with E-state index in [1.807, 2.05) is 13.0 Å². The lowest BCUT2D eigenvalue weighted by atomic mass is 9.93. The van der Waals surface area contributed by atoms with E-state index in [4.69, 9.17) is 4.74 Å². The molecular weight excluding hydrogens is 446 g/mol. The molecule has 1 aliphatic rings. The molecule has 0 bridgehead atoms. The SMILES string of the molecule is CCCC(Oc1ccc(N(CC(C)C)C2CCCCC2)c(NC(=O)Nc2cncnc2)c1)C(=O)O. The summed E-state index contributed by atoms with van der Waals surface area (Å²) in [5.41, 5.74) is 1.95. The number of hydrogen-bond donors (Lipinski definition) is 3. The van der Waals surface area contributed by atoms with Crippen LogP contribution in [0.1, 0.15) is 65.7 Å². The summed E-state index contributed by atoms with van der Waals surface area (Å²) in [6, 6.07) is 5.40. The predicted octanol–water partition coefficient (Wildman–Crippen LogP) is 5.55. The third-order valence-electron chi connectivity index (χ3n) is 6.03. The van der Waals surface area contributed by atoms with Gasteiger partial charge in [-0.05, 0) is 37.3 Å². The maximum Gasteiger partial charge on any atom is 0.344 e. The van der Waals surface area contributed by atoms with Gasteiger partial charge in [0.15, 0.2) is 6.10 Å². The van der Waals surface area contributed by atoms with Crippen LogP contribution in [0.25, 0.3) is 0 Å². The van der Waals surface area contributed by atoms with E-state index >= 15 is 0 Å². The van der Waals surface area contributed by atoms with Crippen LogP contribution < -0.4 is 20.3 Å². The van der Waals surface area contributed by atoms with E-state index in [0.29, 0.717) is 41.9 Å². The Morgan fingerprint density at radius 3 is 2.49 bits per heavy atom. The van der Waals surface area contributed by atoms with Gasteiger partial charge in [0.25, 0.3) is 0 Å². The van der Waals surface area contributed by atoms with Crippen molar-refractivity contribution >= 4 is 29.1 Å². The first kappa shape index (κ1) is 26.2. The first-order valence-electron chi connectivity index (χ1n) is 12.5. The van der Waals surface area contributed by atoms with E-state index < -0.39 is 18.1 Å². The Bertz CT molecular complexity index is 963. The zero-order chi connectivity index (χ0) is 25.2. The van der Waals surface area contributed by atoms with Crippen molar-refractivity contribution in [3.8, 4) is 5.75 Å². The lowest BCUT2D eigenvalue weighted by Gasteiger charge is -2.38. The minimum atomic E-state index is -1.00. The fourth-order valence-electron chi connectivity index (χ4n) is 4.48. The molecular formula is C26H37N5O4. The van der Waals surface area contributed by atoms with Gasteiger partial charge in [-0.2, -0.15) is 0 Å². The van der Waals surface area contributed by atoms with Crippen LogP contribution in [0, 0.1) is 5.92 Å².